The van der Waals surface area contributed by atoms with Gasteiger partial charge in [-0.25, -0.2) is 0 Å². The van der Waals surface area contributed by atoms with Crippen molar-refractivity contribution in [2.75, 3.05) is 0 Å². The normalized spacial score (nSPS) is 13.1. The Labute approximate surface area is 110 Å². The van der Waals surface area contributed by atoms with E-state index in [1.165, 1.54) is 11.3 Å². The lowest BCUT2D eigenvalue weighted by Gasteiger charge is -2.04. The fourth-order valence-electron chi connectivity index (χ4n) is 1.30. The molecule has 1 atom stereocenters. The van der Waals surface area contributed by atoms with E-state index in [1.54, 1.807) is 6.26 Å². The molecule has 0 fully saturated rings. The second-order valence-electron chi connectivity index (χ2n) is 3.07. The number of hydrogen-bond acceptors (Lipinski definition) is 2. The van der Waals surface area contributed by atoms with Crippen LogP contribution in [0.25, 0.3) is 0 Å². The molecule has 0 spiro atoms. The number of halogens is 3. The Morgan fingerprint density at radius 1 is 1.53 bits per heavy atom. The van der Waals surface area contributed by atoms with E-state index in [2.05, 4.69) is 15.9 Å². The van der Waals surface area contributed by atoms with Crippen molar-refractivity contribution in [2.24, 2.45) is 0 Å². The topological polar surface area (TPSA) is 13.1 Å². The molecule has 0 aliphatic heterocycles. The number of thiophene rings is 1. The molecule has 0 radical (unpaired) electrons. The van der Waals surface area contributed by atoms with Crippen molar-refractivity contribution >= 4 is 50.5 Å². The summed E-state index contributed by atoms with van der Waals surface area (Å²) in [5, 5.41) is -0.197. The Hall–Kier alpha value is 0.0400. The van der Waals surface area contributed by atoms with Crippen LogP contribution in [0.15, 0.2) is 27.3 Å². The summed E-state index contributed by atoms with van der Waals surface area (Å²) >= 11 is 17.1. The second-order valence-corrected chi connectivity index (χ2v) is 6.04. The smallest absolute Gasteiger partial charge is 0.107 e. The van der Waals surface area contributed by atoms with Crippen LogP contribution in [0.5, 0.6) is 0 Å². The van der Waals surface area contributed by atoms with Crippen LogP contribution < -0.4 is 0 Å². The van der Waals surface area contributed by atoms with Crippen molar-refractivity contribution in [3.63, 3.8) is 0 Å². The molecular weight excluding hydrogens is 319 g/mol. The third-order valence-electron chi connectivity index (χ3n) is 2.09. The molecule has 0 aliphatic rings. The standard InChI is InChI=1S/C10H7BrCl2OS/c1-5-6(2-3-14-5)9(12)8-4-7(11)10(13)15-8/h2-4,9H,1H3. The predicted octanol–water partition coefficient (Wildman–Crippen LogP) is 5.39. The first-order chi connectivity index (χ1) is 7.09. The van der Waals surface area contributed by atoms with E-state index in [9.17, 15) is 0 Å². The molecule has 1 nitrogen and oxygen atoms in total. The highest BCUT2D eigenvalue weighted by atomic mass is 79.9. The van der Waals surface area contributed by atoms with Gasteiger partial charge in [-0.3, -0.25) is 0 Å². The zero-order valence-corrected chi connectivity index (χ0v) is 11.7. The maximum atomic E-state index is 6.33. The molecule has 0 aromatic carbocycles. The highest BCUT2D eigenvalue weighted by molar-refractivity contribution is 9.10. The van der Waals surface area contributed by atoms with Crippen LogP contribution in [0.4, 0.5) is 0 Å². The molecule has 5 heteroatoms. The summed E-state index contributed by atoms with van der Waals surface area (Å²) in [4.78, 5) is 1.01. The van der Waals surface area contributed by atoms with Gasteiger partial charge in [0, 0.05) is 14.9 Å². The molecule has 2 aromatic heterocycles. The summed E-state index contributed by atoms with van der Waals surface area (Å²) in [6.07, 6.45) is 1.64. The fourth-order valence-corrected chi connectivity index (χ4v) is 3.46. The van der Waals surface area contributed by atoms with Crippen LogP contribution in [0, 0.1) is 6.92 Å². The molecule has 0 amide bonds. The van der Waals surface area contributed by atoms with Gasteiger partial charge in [0.25, 0.3) is 0 Å². The summed E-state index contributed by atoms with van der Waals surface area (Å²) in [7, 11) is 0. The van der Waals surface area contributed by atoms with Crippen molar-refractivity contribution in [2.45, 2.75) is 12.3 Å². The van der Waals surface area contributed by atoms with E-state index < -0.39 is 0 Å². The van der Waals surface area contributed by atoms with Crippen LogP contribution in [-0.2, 0) is 0 Å². The average molecular weight is 326 g/mol. The number of rotatable bonds is 2. The van der Waals surface area contributed by atoms with Crippen LogP contribution in [0.2, 0.25) is 4.34 Å². The van der Waals surface area contributed by atoms with Crippen molar-refractivity contribution in [1.29, 1.82) is 0 Å². The number of furan rings is 1. The average Bonchev–Trinajstić information content (AvgIpc) is 2.74. The predicted molar refractivity (Wildman–Crippen MR) is 68.2 cm³/mol. The molecule has 15 heavy (non-hydrogen) atoms. The minimum Gasteiger partial charge on any atom is -0.469 e. The van der Waals surface area contributed by atoms with E-state index in [0.717, 1.165) is 25.0 Å². The minimum absolute atomic E-state index is 0.197. The first-order valence-corrected chi connectivity index (χ1v) is 6.64. The summed E-state index contributed by atoms with van der Waals surface area (Å²) in [5.41, 5.74) is 0.988. The van der Waals surface area contributed by atoms with Crippen LogP contribution in [-0.4, -0.2) is 0 Å². The molecule has 2 rings (SSSR count). The highest BCUT2D eigenvalue weighted by Crippen LogP contribution is 2.41. The van der Waals surface area contributed by atoms with Crippen LogP contribution >= 0.6 is 50.5 Å². The molecule has 80 valence electrons. The largest absolute Gasteiger partial charge is 0.469 e. The van der Waals surface area contributed by atoms with Crippen molar-refractivity contribution < 1.29 is 4.42 Å². The van der Waals surface area contributed by atoms with E-state index in [-0.39, 0.29) is 5.38 Å². The van der Waals surface area contributed by atoms with Crippen molar-refractivity contribution in [3.8, 4) is 0 Å². The first-order valence-electron chi connectivity index (χ1n) is 4.22. The Morgan fingerprint density at radius 2 is 2.27 bits per heavy atom. The van der Waals surface area contributed by atoms with Crippen LogP contribution in [0.3, 0.4) is 0 Å². The second kappa shape index (κ2) is 4.50. The molecule has 0 N–H and O–H groups in total. The van der Waals surface area contributed by atoms with Gasteiger partial charge in [-0.1, -0.05) is 11.6 Å². The van der Waals surface area contributed by atoms with Gasteiger partial charge in [0.1, 0.15) is 10.1 Å². The SMILES string of the molecule is Cc1occc1C(Cl)c1cc(Br)c(Cl)s1. The number of alkyl halides is 1. The first kappa shape index (κ1) is 11.5. The fraction of sp³-hybridized carbons (Fsp3) is 0.200. The van der Waals surface area contributed by atoms with Gasteiger partial charge in [0.05, 0.1) is 11.6 Å². The molecule has 0 aliphatic carbocycles. The lowest BCUT2D eigenvalue weighted by Crippen LogP contribution is -1.89. The van der Waals surface area contributed by atoms with E-state index in [4.69, 9.17) is 27.6 Å². The lowest BCUT2D eigenvalue weighted by molar-refractivity contribution is 0.530. The maximum Gasteiger partial charge on any atom is 0.107 e. The maximum absolute atomic E-state index is 6.33. The third kappa shape index (κ3) is 2.26. The summed E-state index contributed by atoms with van der Waals surface area (Å²) in [6, 6.07) is 3.83. The molecule has 1 unspecified atom stereocenters. The lowest BCUT2D eigenvalue weighted by atomic mass is 10.1. The van der Waals surface area contributed by atoms with Gasteiger partial charge < -0.3 is 4.42 Å². The van der Waals surface area contributed by atoms with Crippen molar-refractivity contribution in [3.05, 3.63) is 43.4 Å². The van der Waals surface area contributed by atoms with Gasteiger partial charge in [-0.05, 0) is 35.0 Å². The number of aryl methyl sites for hydroxylation is 1. The Kier molecular flexibility index (Phi) is 3.45. The van der Waals surface area contributed by atoms with Gasteiger partial charge in [-0.2, -0.15) is 0 Å². The van der Waals surface area contributed by atoms with E-state index >= 15 is 0 Å². The summed E-state index contributed by atoms with van der Waals surface area (Å²) in [6.45, 7) is 1.90. The zero-order valence-electron chi connectivity index (χ0n) is 7.76. The van der Waals surface area contributed by atoms with Gasteiger partial charge in [0.2, 0.25) is 0 Å². The monoisotopic (exact) mass is 324 g/mol. The van der Waals surface area contributed by atoms with Gasteiger partial charge >= 0.3 is 0 Å². The van der Waals surface area contributed by atoms with Gasteiger partial charge in [0.15, 0.2) is 0 Å². The van der Waals surface area contributed by atoms with Crippen molar-refractivity contribution in [1.82, 2.24) is 0 Å². The zero-order chi connectivity index (χ0) is 11.0. The summed E-state index contributed by atoms with van der Waals surface area (Å²) in [5.74, 6) is 0.843. The minimum atomic E-state index is -0.197. The van der Waals surface area contributed by atoms with E-state index in [0.29, 0.717) is 0 Å². The Balaban J connectivity index is 2.36. The quantitative estimate of drug-likeness (QED) is 0.674. The van der Waals surface area contributed by atoms with Crippen LogP contribution in [0.1, 0.15) is 21.6 Å². The molecule has 0 bridgehead atoms. The molecule has 0 saturated heterocycles. The Bertz CT molecular complexity index is 458. The van der Waals surface area contributed by atoms with Gasteiger partial charge in [-0.15, -0.1) is 22.9 Å². The Morgan fingerprint density at radius 3 is 2.73 bits per heavy atom. The highest BCUT2D eigenvalue weighted by Gasteiger charge is 2.18. The molecule has 0 saturated carbocycles. The van der Waals surface area contributed by atoms with E-state index in [1.807, 2.05) is 19.1 Å². The number of hydrogen-bond donors (Lipinski definition) is 0. The molecule has 2 aromatic rings. The molecular formula is C10H7BrCl2OS. The third-order valence-corrected chi connectivity index (χ3v) is 5.23. The summed E-state index contributed by atoms with van der Waals surface area (Å²) < 4.78 is 6.82. The molecule has 2 heterocycles.